The van der Waals surface area contributed by atoms with Gasteiger partial charge in [0.25, 0.3) is 0 Å². The Labute approximate surface area is 104 Å². The largest absolute Gasteiger partial charge is 0.383 e. The van der Waals surface area contributed by atoms with Gasteiger partial charge in [-0.25, -0.2) is 0 Å². The van der Waals surface area contributed by atoms with Gasteiger partial charge in [0.2, 0.25) is 5.91 Å². The van der Waals surface area contributed by atoms with Crippen molar-refractivity contribution in [3.8, 4) is 0 Å². The molecule has 0 spiro atoms. The van der Waals surface area contributed by atoms with E-state index in [0.29, 0.717) is 19.1 Å². The Morgan fingerprint density at radius 1 is 1.53 bits per heavy atom. The first-order valence-corrected chi connectivity index (χ1v) is 6.78. The number of methoxy groups -OCH3 is 1. The Balaban J connectivity index is 2.14. The van der Waals surface area contributed by atoms with E-state index < -0.39 is 0 Å². The third kappa shape index (κ3) is 6.03. The highest BCUT2D eigenvalue weighted by molar-refractivity contribution is 5.76. The summed E-state index contributed by atoms with van der Waals surface area (Å²) in [6.45, 7) is 3.77. The second kappa shape index (κ2) is 8.48. The van der Waals surface area contributed by atoms with Crippen LogP contribution in [-0.4, -0.2) is 38.3 Å². The number of hydrogen-bond donors (Lipinski definition) is 2. The summed E-state index contributed by atoms with van der Waals surface area (Å²) in [5.41, 5.74) is 0. The first-order chi connectivity index (χ1) is 8.26. The quantitative estimate of drug-likeness (QED) is 0.710. The molecule has 1 amide bonds. The van der Waals surface area contributed by atoms with Crippen LogP contribution in [0.15, 0.2) is 0 Å². The number of rotatable bonds is 7. The van der Waals surface area contributed by atoms with E-state index in [4.69, 9.17) is 4.74 Å². The fourth-order valence-electron chi connectivity index (χ4n) is 2.24. The van der Waals surface area contributed by atoms with E-state index >= 15 is 0 Å². The van der Waals surface area contributed by atoms with Crippen LogP contribution in [0.25, 0.3) is 0 Å². The molecule has 4 nitrogen and oxygen atoms in total. The highest BCUT2D eigenvalue weighted by atomic mass is 16.5. The summed E-state index contributed by atoms with van der Waals surface area (Å²) in [7, 11) is 1.67. The molecule has 100 valence electrons. The van der Waals surface area contributed by atoms with Crippen LogP contribution in [0, 0.1) is 0 Å². The van der Waals surface area contributed by atoms with Gasteiger partial charge in [-0.1, -0.05) is 13.3 Å². The molecule has 2 atom stereocenters. The van der Waals surface area contributed by atoms with E-state index in [9.17, 15) is 4.79 Å². The number of carbonyl (C=O) groups is 1. The van der Waals surface area contributed by atoms with E-state index in [0.717, 1.165) is 19.4 Å². The lowest BCUT2D eigenvalue weighted by molar-refractivity contribution is -0.122. The Hall–Kier alpha value is -0.610. The molecule has 0 saturated carbocycles. The molecule has 1 aliphatic rings. The molecule has 0 aliphatic carbocycles. The van der Waals surface area contributed by atoms with Crippen molar-refractivity contribution in [2.75, 3.05) is 20.3 Å². The standard InChI is InChI=1S/C13H26N2O2/c1-3-11(10-17-2)15-13(16)8-7-12-6-4-5-9-14-12/h11-12,14H,3-10H2,1-2H3,(H,15,16). The van der Waals surface area contributed by atoms with E-state index in [1.54, 1.807) is 7.11 Å². The van der Waals surface area contributed by atoms with Crippen molar-refractivity contribution in [1.82, 2.24) is 10.6 Å². The maximum Gasteiger partial charge on any atom is 0.220 e. The number of ether oxygens (including phenoxy) is 1. The summed E-state index contributed by atoms with van der Waals surface area (Å²) in [4.78, 5) is 11.7. The third-order valence-corrected chi connectivity index (χ3v) is 3.36. The normalized spacial score (nSPS) is 22.1. The van der Waals surface area contributed by atoms with Crippen LogP contribution in [0.4, 0.5) is 0 Å². The lowest BCUT2D eigenvalue weighted by Crippen LogP contribution is -2.39. The smallest absolute Gasteiger partial charge is 0.220 e. The molecule has 0 aromatic heterocycles. The lowest BCUT2D eigenvalue weighted by atomic mass is 10.0. The lowest BCUT2D eigenvalue weighted by Gasteiger charge is -2.23. The van der Waals surface area contributed by atoms with Gasteiger partial charge >= 0.3 is 0 Å². The maximum absolute atomic E-state index is 11.7. The van der Waals surface area contributed by atoms with Crippen LogP contribution in [-0.2, 0) is 9.53 Å². The van der Waals surface area contributed by atoms with Crippen molar-refractivity contribution in [3.63, 3.8) is 0 Å². The molecule has 4 heteroatoms. The summed E-state index contributed by atoms with van der Waals surface area (Å²) in [6, 6.07) is 0.698. The van der Waals surface area contributed by atoms with E-state index in [2.05, 4.69) is 17.6 Å². The molecule has 0 radical (unpaired) electrons. The molecule has 1 fully saturated rings. The van der Waals surface area contributed by atoms with Crippen LogP contribution in [0.2, 0.25) is 0 Å². The monoisotopic (exact) mass is 242 g/mol. The van der Waals surface area contributed by atoms with Gasteiger partial charge in [-0.3, -0.25) is 4.79 Å². The average molecular weight is 242 g/mol. The maximum atomic E-state index is 11.7. The van der Waals surface area contributed by atoms with Crippen molar-refractivity contribution in [2.45, 2.75) is 57.5 Å². The zero-order chi connectivity index (χ0) is 12.5. The molecule has 0 aromatic rings. The minimum Gasteiger partial charge on any atom is -0.383 e. The number of piperidine rings is 1. The van der Waals surface area contributed by atoms with Gasteiger partial charge in [0.05, 0.1) is 12.6 Å². The molecule has 17 heavy (non-hydrogen) atoms. The van der Waals surface area contributed by atoms with E-state index in [1.807, 2.05) is 0 Å². The van der Waals surface area contributed by atoms with E-state index in [-0.39, 0.29) is 11.9 Å². The molecular weight excluding hydrogens is 216 g/mol. The van der Waals surface area contributed by atoms with Crippen LogP contribution in [0.5, 0.6) is 0 Å². The fourth-order valence-corrected chi connectivity index (χ4v) is 2.24. The molecule has 1 rings (SSSR count). The van der Waals surface area contributed by atoms with Gasteiger partial charge in [-0.05, 0) is 32.2 Å². The molecule has 2 N–H and O–H groups in total. The topological polar surface area (TPSA) is 50.4 Å². The Morgan fingerprint density at radius 2 is 2.35 bits per heavy atom. The number of carbonyl (C=O) groups excluding carboxylic acids is 1. The van der Waals surface area contributed by atoms with Gasteiger partial charge in [0, 0.05) is 19.6 Å². The molecule has 1 heterocycles. The van der Waals surface area contributed by atoms with Gasteiger partial charge in [0.1, 0.15) is 0 Å². The van der Waals surface area contributed by atoms with E-state index in [1.165, 1.54) is 19.3 Å². The van der Waals surface area contributed by atoms with Gasteiger partial charge < -0.3 is 15.4 Å². The predicted octanol–water partition coefficient (Wildman–Crippen LogP) is 1.45. The second-order valence-corrected chi connectivity index (χ2v) is 4.81. The highest BCUT2D eigenvalue weighted by Crippen LogP contribution is 2.11. The fraction of sp³-hybridized carbons (Fsp3) is 0.923. The van der Waals surface area contributed by atoms with Gasteiger partial charge in [0.15, 0.2) is 0 Å². The second-order valence-electron chi connectivity index (χ2n) is 4.81. The van der Waals surface area contributed by atoms with Crippen molar-refractivity contribution in [2.24, 2.45) is 0 Å². The van der Waals surface area contributed by atoms with Crippen LogP contribution in [0.3, 0.4) is 0 Å². The van der Waals surface area contributed by atoms with Crippen molar-refractivity contribution >= 4 is 5.91 Å². The molecule has 1 aliphatic heterocycles. The van der Waals surface area contributed by atoms with Crippen LogP contribution in [0.1, 0.15) is 45.4 Å². The Bertz CT molecular complexity index is 215. The molecular formula is C13H26N2O2. The van der Waals surface area contributed by atoms with Crippen molar-refractivity contribution in [3.05, 3.63) is 0 Å². The summed E-state index contributed by atoms with van der Waals surface area (Å²) in [5.74, 6) is 0.154. The average Bonchev–Trinajstić information content (AvgIpc) is 2.37. The summed E-state index contributed by atoms with van der Waals surface area (Å²) < 4.78 is 5.06. The van der Waals surface area contributed by atoms with Crippen molar-refractivity contribution < 1.29 is 9.53 Å². The van der Waals surface area contributed by atoms with Gasteiger partial charge in [-0.15, -0.1) is 0 Å². The number of amides is 1. The highest BCUT2D eigenvalue weighted by Gasteiger charge is 2.15. The summed E-state index contributed by atoms with van der Waals surface area (Å²) >= 11 is 0. The third-order valence-electron chi connectivity index (χ3n) is 3.36. The first-order valence-electron chi connectivity index (χ1n) is 6.78. The minimum absolute atomic E-state index is 0.154. The zero-order valence-corrected chi connectivity index (χ0v) is 11.1. The summed E-state index contributed by atoms with van der Waals surface area (Å²) in [6.07, 6.45) is 6.27. The van der Waals surface area contributed by atoms with Gasteiger partial charge in [-0.2, -0.15) is 0 Å². The SMILES string of the molecule is CCC(COC)NC(=O)CCC1CCCCN1. The van der Waals surface area contributed by atoms with Crippen LogP contribution < -0.4 is 10.6 Å². The number of hydrogen-bond acceptors (Lipinski definition) is 3. The molecule has 1 saturated heterocycles. The molecule has 2 unspecified atom stereocenters. The predicted molar refractivity (Wildman–Crippen MR) is 69.0 cm³/mol. The number of nitrogens with one attached hydrogen (secondary N) is 2. The Morgan fingerprint density at radius 3 is 2.94 bits per heavy atom. The van der Waals surface area contributed by atoms with Crippen molar-refractivity contribution in [1.29, 1.82) is 0 Å². The zero-order valence-electron chi connectivity index (χ0n) is 11.1. The molecule has 0 bridgehead atoms. The minimum atomic E-state index is 0.154. The Kier molecular flexibility index (Phi) is 7.21. The molecule has 0 aromatic carbocycles. The summed E-state index contributed by atoms with van der Waals surface area (Å²) in [5, 5.41) is 6.48. The first kappa shape index (κ1) is 14.5. The van der Waals surface area contributed by atoms with Crippen LogP contribution >= 0.6 is 0 Å².